The Morgan fingerprint density at radius 2 is 1.29 bits per heavy atom. The van der Waals surface area contributed by atoms with Crippen LogP contribution in [0.2, 0.25) is 0 Å². The van der Waals surface area contributed by atoms with E-state index in [9.17, 15) is 0 Å². The van der Waals surface area contributed by atoms with Crippen LogP contribution < -0.4 is 15.5 Å². The summed E-state index contributed by atoms with van der Waals surface area (Å²) in [6.45, 7) is 0. The number of rotatable bonds is 6. The van der Waals surface area contributed by atoms with Crippen molar-refractivity contribution >= 4 is 72.5 Å². The van der Waals surface area contributed by atoms with Crippen LogP contribution in [0.15, 0.2) is 185 Å². The van der Waals surface area contributed by atoms with Crippen LogP contribution in [0.3, 0.4) is 0 Å². The number of aryl methyl sites for hydroxylation is 1. The molecule has 56 heavy (non-hydrogen) atoms. The van der Waals surface area contributed by atoms with E-state index in [1.807, 2.05) is 12.1 Å². The summed E-state index contributed by atoms with van der Waals surface area (Å²) in [5.41, 5.74) is 10.7. The smallest absolute Gasteiger partial charge is 0.144 e. The van der Waals surface area contributed by atoms with E-state index in [0.717, 1.165) is 74.4 Å². The van der Waals surface area contributed by atoms with E-state index >= 15 is 0 Å². The van der Waals surface area contributed by atoms with Crippen LogP contribution in [0, 0.1) is 0 Å². The first kappa shape index (κ1) is 32.5. The van der Waals surface area contributed by atoms with E-state index in [0.29, 0.717) is 0 Å². The highest BCUT2D eigenvalue weighted by atomic mass is 16.3. The molecule has 5 nitrogen and oxygen atoms in total. The van der Waals surface area contributed by atoms with Crippen molar-refractivity contribution in [2.24, 2.45) is 4.99 Å². The van der Waals surface area contributed by atoms with Crippen molar-refractivity contribution in [2.45, 2.75) is 25.2 Å². The summed E-state index contributed by atoms with van der Waals surface area (Å²) in [6, 6.07) is 60.6. The zero-order valence-corrected chi connectivity index (χ0v) is 30.7. The topological polar surface area (TPSA) is 52.8 Å². The third-order valence-electron chi connectivity index (χ3n) is 11.3. The first-order valence-corrected chi connectivity index (χ1v) is 19.4. The average molecular weight is 723 g/mol. The summed E-state index contributed by atoms with van der Waals surface area (Å²) in [4.78, 5) is 7.60. The highest BCUT2D eigenvalue weighted by Gasteiger charge is 2.30. The lowest BCUT2D eigenvalue weighted by Gasteiger charge is -2.33. The summed E-state index contributed by atoms with van der Waals surface area (Å²) < 4.78 is 7.12. The molecule has 0 spiro atoms. The van der Waals surface area contributed by atoms with Gasteiger partial charge in [0.1, 0.15) is 29.3 Å². The van der Waals surface area contributed by atoms with Gasteiger partial charge in [0.05, 0.1) is 11.1 Å². The van der Waals surface area contributed by atoms with Gasteiger partial charge in [0, 0.05) is 27.9 Å². The fourth-order valence-corrected chi connectivity index (χ4v) is 8.55. The van der Waals surface area contributed by atoms with E-state index < -0.39 is 0 Å². The number of hydrogen-bond donors (Lipinski definition) is 2. The summed E-state index contributed by atoms with van der Waals surface area (Å²) in [5.74, 6) is 0.839. The molecule has 0 saturated carbocycles. The van der Waals surface area contributed by atoms with Gasteiger partial charge in [-0.25, -0.2) is 4.99 Å². The highest BCUT2D eigenvalue weighted by molar-refractivity contribution is 6.15. The number of amidine groups is 1. The predicted octanol–water partition coefficient (Wildman–Crippen LogP) is 12.7. The van der Waals surface area contributed by atoms with Crippen molar-refractivity contribution in [1.82, 2.24) is 10.6 Å². The molecular formula is C51H38N4O. The van der Waals surface area contributed by atoms with Crippen LogP contribution in [-0.2, 0) is 6.42 Å². The Balaban J connectivity index is 1.16. The number of benzene rings is 8. The Bertz CT molecular complexity index is 2920. The molecule has 2 unspecified atom stereocenters. The number of nitrogens with zero attached hydrogens (tertiary/aromatic N) is 2. The molecule has 9 aromatic rings. The van der Waals surface area contributed by atoms with Gasteiger partial charge in [-0.05, 0) is 99.6 Å². The van der Waals surface area contributed by atoms with E-state index in [-0.39, 0.29) is 12.3 Å². The van der Waals surface area contributed by atoms with Crippen molar-refractivity contribution in [3.05, 3.63) is 204 Å². The quantitative estimate of drug-likeness (QED) is 0.179. The van der Waals surface area contributed by atoms with Gasteiger partial charge in [0.15, 0.2) is 0 Å². The van der Waals surface area contributed by atoms with Crippen LogP contribution in [0.25, 0.3) is 49.6 Å². The van der Waals surface area contributed by atoms with Gasteiger partial charge in [-0.1, -0.05) is 133 Å². The van der Waals surface area contributed by atoms with Gasteiger partial charge < -0.3 is 14.6 Å². The lowest BCUT2D eigenvalue weighted by atomic mass is 9.94. The molecule has 2 heterocycles. The monoisotopic (exact) mass is 722 g/mol. The van der Waals surface area contributed by atoms with Crippen molar-refractivity contribution in [3.8, 4) is 0 Å². The van der Waals surface area contributed by atoms with E-state index in [2.05, 4.69) is 185 Å². The zero-order valence-electron chi connectivity index (χ0n) is 30.7. The lowest BCUT2D eigenvalue weighted by molar-refractivity contribution is 0.408. The van der Waals surface area contributed by atoms with E-state index in [4.69, 9.17) is 9.41 Å². The number of furan rings is 1. The zero-order chi connectivity index (χ0) is 37.0. The molecule has 1 aromatic heterocycles. The molecule has 0 saturated heterocycles. The minimum atomic E-state index is -0.297. The first-order chi connectivity index (χ1) is 27.7. The molecule has 2 N–H and O–H groups in total. The molecule has 1 aliphatic carbocycles. The lowest BCUT2D eigenvalue weighted by Crippen LogP contribution is -2.45. The molecule has 268 valence electrons. The average Bonchev–Trinajstić information content (AvgIpc) is 3.64. The number of aliphatic imine (C=N–C) groups is 1. The van der Waals surface area contributed by atoms with Gasteiger partial charge in [-0.2, -0.15) is 0 Å². The minimum Gasteiger partial charge on any atom is -0.456 e. The molecule has 0 amide bonds. The van der Waals surface area contributed by atoms with Gasteiger partial charge in [0.25, 0.3) is 0 Å². The first-order valence-electron chi connectivity index (χ1n) is 19.4. The Labute approximate surface area is 325 Å². The molecule has 5 heteroatoms. The Kier molecular flexibility index (Phi) is 7.78. The fraction of sp³-hybridized carbons (Fsp3) is 0.0784. The Hall–Kier alpha value is -6.95. The maximum Gasteiger partial charge on any atom is 0.144 e. The van der Waals surface area contributed by atoms with Crippen LogP contribution in [-0.4, -0.2) is 5.84 Å². The summed E-state index contributed by atoms with van der Waals surface area (Å²) in [6.07, 6.45) is 6.02. The number of hydrogen-bond acceptors (Lipinski definition) is 5. The second-order valence-electron chi connectivity index (χ2n) is 14.8. The standard InChI is InChI=1S/C51H38N4O/c1-3-15-35(16-4-1)49-52-50(36-17-5-2-6-18-36)54-51(53-49)43-27-28-45(47-44-31-39-21-11-12-22-40(39)32-46(44)56-48(43)47)55(41-25-23-33-13-7-9-19-37(33)29-41)42-26-24-34-14-8-10-20-38(34)30-42/h1-11,13-21,23-32,49,51,53H,12,22H2,(H,52,54). The predicted molar refractivity (Wildman–Crippen MR) is 232 cm³/mol. The summed E-state index contributed by atoms with van der Waals surface area (Å²) >= 11 is 0. The van der Waals surface area contributed by atoms with Crippen LogP contribution >= 0.6 is 0 Å². The molecule has 2 atom stereocenters. The van der Waals surface area contributed by atoms with Crippen molar-refractivity contribution < 1.29 is 4.42 Å². The molecular weight excluding hydrogens is 685 g/mol. The van der Waals surface area contributed by atoms with Crippen molar-refractivity contribution in [2.75, 3.05) is 4.90 Å². The second kappa shape index (κ2) is 13.4. The number of nitrogens with one attached hydrogen (secondary N) is 2. The molecule has 0 fully saturated rings. The van der Waals surface area contributed by atoms with Crippen LogP contribution in [0.1, 0.15) is 46.6 Å². The maximum atomic E-state index is 7.12. The van der Waals surface area contributed by atoms with Crippen molar-refractivity contribution in [1.29, 1.82) is 0 Å². The molecule has 8 aromatic carbocycles. The van der Waals surface area contributed by atoms with Crippen LogP contribution in [0.5, 0.6) is 0 Å². The molecule has 0 bridgehead atoms. The normalized spacial score (nSPS) is 16.5. The number of anilines is 3. The molecule has 1 aliphatic heterocycles. The summed E-state index contributed by atoms with van der Waals surface area (Å²) in [7, 11) is 0. The molecule has 2 aliphatic rings. The SMILES string of the molecule is C1=Cc2cc3c(cc2CC1)oc1c(C2NC(c4ccccc4)=NC(c4ccccc4)N2)ccc(N(c2ccc4ccccc4c2)c2ccc4ccccc4c2)c13. The van der Waals surface area contributed by atoms with Gasteiger partial charge in [-0.3, -0.25) is 5.32 Å². The Morgan fingerprint density at radius 1 is 0.625 bits per heavy atom. The van der Waals surface area contributed by atoms with Crippen molar-refractivity contribution in [3.63, 3.8) is 0 Å². The van der Waals surface area contributed by atoms with E-state index in [1.165, 1.54) is 32.7 Å². The van der Waals surface area contributed by atoms with Gasteiger partial charge >= 0.3 is 0 Å². The maximum absolute atomic E-state index is 7.12. The third-order valence-corrected chi connectivity index (χ3v) is 11.3. The largest absolute Gasteiger partial charge is 0.456 e. The molecule has 0 radical (unpaired) electrons. The Morgan fingerprint density at radius 3 is 2.00 bits per heavy atom. The van der Waals surface area contributed by atoms with Crippen LogP contribution in [0.4, 0.5) is 17.1 Å². The van der Waals surface area contributed by atoms with Gasteiger partial charge in [-0.15, -0.1) is 0 Å². The number of fused-ring (bicyclic) bond motifs is 6. The third kappa shape index (κ3) is 5.64. The fourth-order valence-electron chi connectivity index (χ4n) is 8.55. The minimum absolute atomic E-state index is 0.263. The van der Waals surface area contributed by atoms with Gasteiger partial charge in [0.2, 0.25) is 0 Å². The highest BCUT2D eigenvalue weighted by Crippen LogP contribution is 2.47. The second-order valence-corrected chi connectivity index (χ2v) is 14.8. The summed E-state index contributed by atoms with van der Waals surface area (Å²) in [5, 5.41) is 14.6. The molecule has 11 rings (SSSR count). The number of allylic oxidation sites excluding steroid dienone is 1. The van der Waals surface area contributed by atoms with E-state index in [1.54, 1.807) is 0 Å².